The normalized spacial score (nSPS) is 12.1. The molecule has 0 aromatic carbocycles. The highest BCUT2D eigenvalue weighted by molar-refractivity contribution is 5.86. The van der Waals surface area contributed by atoms with Gasteiger partial charge >= 0.3 is 6.18 Å². The molecular formula is C18H9F3N6O. The largest absolute Gasteiger partial charge is 0.422 e. The molecule has 10 heteroatoms. The molecule has 7 nitrogen and oxygen atoms in total. The standard InChI is InChI=1S/C18H9F3N6O/c19-18(20,21)12-6-13(10-2-1-5-22-7-10)25-16-11(12)3-4-15-24-14(8-27(15)16)17-26-23-9-28-17/h1-9H. The molecule has 5 aromatic rings. The average Bonchev–Trinajstić information content (AvgIpc) is 3.36. The van der Waals surface area contributed by atoms with Crippen LogP contribution < -0.4 is 0 Å². The van der Waals surface area contributed by atoms with E-state index in [1.165, 1.54) is 28.9 Å². The van der Waals surface area contributed by atoms with E-state index < -0.39 is 11.7 Å². The Hall–Kier alpha value is -3.82. The fourth-order valence-electron chi connectivity index (χ4n) is 3.01. The summed E-state index contributed by atoms with van der Waals surface area (Å²) in [6.45, 7) is 0. The maximum atomic E-state index is 13.7. The molecule has 5 heterocycles. The molecule has 0 amide bonds. The van der Waals surface area contributed by atoms with E-state index in [1.54, 1.807) is 18.3 Å². The fourth-order valence-corrected chi connectivity index (χ4v) is 3.01. The minimum Gasteiger partial charge on any atom is -0.422 e. The summed E-state index contributed by atoms with van der Waals surface area (Å²) in [5.41, 5.74) is 0.713. The number of halogens is 3. The number of fused-ring (bicyclic) bond motifs is 3. The van der Waals surface area contributed by atoms with E-state index in [0.29, 0.717) is 16.9 Å². The second-order valence-corrected chi connectivity index (χ2v) is 5.96. The summed E-state index contributed by atoms with van der Waals surface area (Å²) in [7, 11) is 0. The Labute approximate surface area is 154 Å². The van der Waals surface area contributed by atoms with Crippen LogP contribution in [-0.2, 0) is 6.18 Å². The fraction of sp³-hybridized carbons (Fsp3) is 0.0556. The molecule has 0 unspecified atom stereocenters. The molecule has 0 radical (unpaired) electrons. The first-order chi connectivity index (χ1) is 13.5. The summed E-state index contributed by atoms with van der Waals surface area (Å²) in [5.74, 6) is 0.163. The lowest BCUT2D eigenvalue weighted by atomic mass is 10.1. The number of hydrogen-bond acceptors (Lipinski definition) is 6. The quantitative estimate of drug-likeness (QED) is 0.459. The number of aromatic nitrogens is 6. The number of imidazole rings is 1. The molecule has 0 bridgehead atoms. The molecule has 5 rings (SSSR count). The van der Waals surface area contributed by atoms with E-state index in [2.05, 4.69) is 25.1 Å². The maximum Gasteiger partial charge on any atom is 0.417 e. The van der Waals surface area contributed by atoms with Crippen LogP contribution in [0, 0.1) is 0 Å². The zero-order chi connectivity index (χ0) is 19.3. The van der Waals surface area contributed by atoms with Gasteiger partial charge in [-0.2, -0.15) is 13.2 Å². The monoisotopic (exact) mass is 382 g/mol. The van der Waals surface area contributed by atoms with Gasteiger partial charge in [0, 0.05) is 29.5 Å². The van der Waals surface area contributed by atoms with Gasteiger partial charge in [0.05, 0.1) is 11.3 Å². The molecule has 0 fully saturated rings. The second kappa shape index (κ2) is 5.84. The third-order valence-electron chi connectivity index (χ3n) is 4.24. The van der Waals surface area contributed by atoms with Crippen molar-refractivity contribution in [3.8, 4) is 22.8 Å². The van der Waals surface area contributed by atoms with Crippen LogP contribution in [0.1, 0.15) is 5.56 Å². The number of alkyl halides is 3. The molecule has 0 aliphatic heterocycles. The molecule has 138 valence electrons. The summed E-state index contributed by atoms with van der Waals surface area (Å²) in [5, 5.41) is 7.34. The van der Waals surface area contributed by atoms with Gasteiger partial charge in [0.25, 0.3) is 5.89 Å². The zero-order valence-corrected chi connectivity index (χ0v) is 13.9. The lowest BCUT2D eigenvalue weighted by molar-refractivity contribution is -0.136. The molecule has 0 N–H and O–H groups in total. The van der Waals surface area contributed by atoms with Crippen LogP contribution in [0.3, 0.4) is 0 Å². The Bertz CT molecular complexity index is 1300. The van der Waals surface area contributed by atoms with Gasteiger partial charge in [-0.3, -0.25) is 9.38 Å². The minimum absolute atomic E-state index is 0.0397. The maximum absolute atomic E-state index is 13.7. The van der Waals surface area contributed by atoms with Crippen LogP contribution in [0.4, 0.5) is 13.2 Å². The van der Waals surface area contributed by atoms with Crippen LogP contribution >= 0.6 is 0 Å². The lowest BCUT2D eigenvalue weighted by Crippen LogP contribution is -2.08. The van der Waals surface area contributed by atoms with Crippen LogP contribution in [-0.4, -0.2) is 29.5 Å². The topological polar surface area (TPSA) is 82.0 Å². The summed E-state index contributed by atoms with van der Waals surface area (Å²) in [6.07, 6.45) is 1.12. The third-order valence-corrected chi connectivity index (χ3v) is 4.24. The molecule has 0 atom stereocenters. The SMILES string of the molecule is FC(F)(F)c1cc(-c2cccnc2)nc2c1ccc1nc(-c3nnco3)cn12. The van der Waals surface area contributed by atoms with Crippen LogP contribution in [0.15, 0.2) is 59.7 Å². The lowest BCUT2D eigenvalue weighted by Gasteiger charge is -2.13. The van der Waals surface area contributed by atoms with Gasteiger partial charge in [0.15, 0.2) is 0 Å². The van der Waals surface area contributed by atoms with Crippen molar-refractivity contribution in [2.75, 3.05) is 0 Å². The van der Waals surface area contributed by atoms with Crippen molar-refractivity contribution in [3.05, 3.63) is 60.9 Å². The highest BCUT2D eigenvalue weighted by Gasteiger charge is 2.34. The van der Waals surface area contributed by atoms with Crippen molar-refractivity contribution in [2.24, 2.45) is 0 Å². The Balaban J connectivity index is 1.85. The first-order valence-corrected chi connectivity index (χ1v) is 8.08. The molecule has 28 heavy (non-hydrogen) atoms. The number of pyridine rings is 3. The van der Waals surface area contributed by atoms with E-state index in [4.69, 9.17) is 4.42 Å². The van der Waals surface area contributed by atoms with Crippen molar-refractivity contribution in [3.63, 3.8) is 0 Å². The molecular weight excluding hydrogens is 373 g/mol. The Morgan fingerprint density at radius 3 is 2.64 bits per heavy atom. The first kappa shape index (κ1) is 16.4. The van der Waals surface area contributed by atoms with E-state index in [-0.39, 0.29) is 22.6 Å². The summed E-state index contributed by atoms with van der Waals surface area (Å²) < 4.78 is 47.8. The second-order valence-electron chi connectivity index (χ2n) is 5.96. The van der Waals surface area contributed by atoms with E-state index in [9.17, 15) is 13.2 Å². The van der Waals surface area contributed by atoms with Crippen molar-refractivity contribution in [2.45, 2.75) is 6.18 Å². The number of hydrogen-bond donors (Lipinski definition) is 0. The minimum atomic E-state index is -4.55. The van der Waals surface area contributed by atoms with E-state index in [0.717, 1.165) is 12.5 Å². The van der Waals surface area contributed by atoms with Gasteiger partial charge in [-0.25, -0.2) is 9.97 Å². The van der Waals surface area contributed by atoms with Crippen molar-refractivity contribution in [1.82, 2.24) is 29.5 Å². The highest BCUT2D eigenvalue weighted by Crippen LogP contribution is 2.37. The van der Waals surface area contributed by atoms with Crippen LogP contribution in [0.2, 0.25) is 0 Å². The highest BCUT2D eigenvalue weighted by atomic mass is 19.4. The van der Waals surface area contributed by atoms with Crippen LogP contribution in [0.5, 0.6) is 0 Å². The predicted molar refractivity (Wildman–Crippen MR) is 92.0 cm³/mol. The van der Waals surface area contributed by atoms with Gasteiger partial charge in [-0.05, 0) is 30.3 Å². The molecule has 0 spiro atoms. The smallest absolute Gasteiger partial charge is 0.417 e. The van der Waals surface area contributed by atoms with Crippen LogP contribution in [0.25, 0.3) is 39.5 Å². The average molecular weight is 382 g/mol. The number of nitrogens with zero attached hydrogens (tertiary/aromatic N) is 6. The Morgan fingerprint density at radius 2 is 1.93 bits per heavy atom. The first-order valence-electron chi connectivity index (χ1n) is 8.08. The molecule has 0 saturated heterocycles. The molecule has 0 saturated carbocycles. The van der Waals surface area contributed by atoms with Gasteiger partial charge in [-0.15, -0.1) is 10.2 Å². The molecule has 5 aromatic heterocycles. The Morgan fingerprint density at radius 1 is 1.04 bits per heavy atom. The van der Waals surface area contributed by atoms with E-state index in [1.807, 2.05) is 0 Å². The summed E-state index contributed by atoms with van der Waals surface area (Å²) in [6, 6.07) is 7.17. The van der Waals surface area contributed by atoms with Crippen molar-refractivity contribution >= 4 is 16.7 Å². The summed E-state index contributed by atoms with van der Waals surface area (Å²) >= 11 is 0. The Kier molecular flexibility index (Phi) is 3.41. The van der Waals surface area contributed by atoms with Crippen molar-refractivity contribution < 1.29 is 17.6 Å². The van der Waals surface area contributed by atoms with Gasteiger partial charge in [0.2, 0.25) is 6.39 Å². The summed E-state index contributed by atoms with van der Waals surface area (Å²) in [4.78, 5) is 12.8. The van der Waals surface area contributed by atoms with Crippen molar-refractivity contribution in [1.29, 1.82) is 0 Å². The predicted octanol–water partition coefficient (Wildman–Crippen LogP) is 4.01. The molecule has 0 aliphatic rings. The molecule has 0 aliphatic carbocycles. The third kappa shape index (κ3) is 2.57. The zero-order valence-electron chi connectivity index (χ0n) is 13.9. The van der Waals surface area contributed by atoms with Gasteiger partial charge in [-0.1, -0.05) is 0 Å². The number of rotatable bonds is 2. The van der Waals surface area contributed by atoms with Gasteiger partial charge in [0.1, 0.15) is 17.0 Å². The van der Waals surface area contributed by atoms with Gasteiger partial charge < -0.3 is 4.42 Å². The van der Waals surface area contributed by atoms with E-state index >= 15 is 0 Å².